The monoisotopic (exact) mass is 407 g/mol. The maximum Gasteiger partial charge on any atom is 0.341 e. The van der Waals surface area contributed by atoms with Crippen molar-refractivity contribution in [2.45, 2.75) is 85.4 Å². The number of hydrogen-bond donors (Lipinski definition) is 1. The zero-order valence-electron chi connectivity index (χ0n) is 18.8. The molecule has 29 heavy (non-hydrogen) atoms. The molecule has 6 heteroatoms. The number of ether oxygens (including phenoxy) is 3. The van der Waals surface area contributed by atoms with Gasteiger partial charge in [0.1, 0.15) is 16.9 Å². The first kappa shape index (κ1) is 25.0. The van der Waals surface area contributed by atoms with E-state index < -0.39 is 11.6 Å². The molecular formula is C23H37NO5. The summed E-state index contributed by atoms with van der Waals surface area (Å²) in [5.41, 5.74) is -0.107. The van der Waals surface area contributed by atoms with E-state index in [0.717, 1.165) is 25.7 Å². The molecule has 1 aromatic rings. The average molecular weight is 408 g/mol. The Morgan fingerprint density at radius 1 is 1.10 bits per heavy atom. The van der Waals surface area contributed by atoms with Gasteiger partial charge in [0.15, 0.2) is 0 Å². The maximum atomic E-state index is 13.0. The van der Waals surface area contributed by atoms with Crippen LogP contribution in [0.5, 0.6) is 5.75 Å². The van der Waals surface area contributed by atoms with Crippen LogP contribution < -0.4 is 10.1 Å². The average Bonchev–Trinajstić information content (AvgIpc) is 2.69. The molecule has 0 radical (unpaired) electrons. The van der Waals surface area contributed by atoms with Crippen molar-refractivity contribution in [3.05, 3.63) is 23.8 Å². The molecule has 6 nitrogen and oxygen atoms in total. The molecule has 1 amide bonds. The third-order valence-electron chi connectivity index (χ3n) is 4.84. The topological polar surface area (TPSA) is 73.9 Å². The molecule has 0 saturated carbocycles. The summed E-state index contributed by atoms with van der Waals surface area (Å²) in [5.74, 6) is -0.246. The molecule has 0 aromatic heterocycles. The minimum atomic E-state index is -0.917. The number of carbonyl (C=O) groups excluding carboxylic acids is 2. The minimum absolute atomic E-state index is 0.0385. The summed E-state index contributed by atoms with van der Waals surface area (Å²) in [5, 5.41) is 2.90. The molecule has 1 rings (SSSR count). The molecule has 0 heterocycles. The van der Waals surface area contributed by atoms with E-state index in [4.69, 9.17) is 14.2 Å². The Bertz CT molecular complexity index is 661. The lowest BCUT2D eigenvalue weighted by Crippen LogP contribution is -2.42. The van der Waals surface area contributed by atoms with Crippen LogP contribution in [-0.4, -0.2) is 36.8 Å². The summed E-state index contributed by atoms with van der Waals surface area (Å²) in [6.45, 7) is 12.2. The third kappa shape index (κ3) is 7.69. The van der Waals surface area contributed by atoms with Gasteiger partial charge in [0.2, 0.25) is 0 Å². The van der Waals surface area contributed by atoms with Gasteiger partial charge in [-0.1, -0.05) is 33.1 Å². The molecule has 0 aliphatic heterocycles. The fourth-order valence-corrected chi connectivity index (χ4v) is 2.92. The van der Waals surface area contributed by atoms with Crippen molar-refractivity contribution < 1.29 is 23.8 Å². The largest absolute Gasteiger partial charge is 0.490 e. The van der Waals surface area contributed by atoms with Gasteiger partial charge >= 0.3 is 5.97 Å². The second kappa shape index (κ2) is 12.5. The van der Waals surface area contributed by atoms with E-state index in [1.807, 2.05) is 27.7 Å². The molecular weight excluding hydrogens is 370 g/mol. The normalized spacial score (nSPS) is 14.0. The summed E-state index contributed by atoms with van der Waals surface area (Å²) < 4.78 is 16.8. The molecule has 2 atom stereocenters. The van der Waals surface area contributed by atoms with E-state index in [9.17, 15) is 9.59 Å². The highest BCUT2D eigenvalue weighted by atomic mass is 16.5. The zero-order chi connectivity index (χ0) is 21.9. The fraction of sp³-hybridized carbons (Fsp3) is 0.652. The maximum absolute atomic E-state index is 13.0. The van der Waals surface area contributed by atoms with Gasteiger partial charge in [0, 0.05) is 12.3 Å². The quantitative estimate of drug-likeness (QED) is 0.352. The van der Waals surface area contributed by atoms with Crippen molar-refractivity contribution in [1.29, 1.82) is 0 Å². The summed E-state index contributed by atoms with van der Waals surface area (Å²) >= 11 is 0. The van der Waals surface area contributed by atoms with Crippen molar-refractivity contribution in [3.8, 4) is 5.75 Å². The van der Waals surface area contributed by atoms with Crippen LogP contribution in [0.2, 0.25) is 0 Å². The molecule has 0 aliphatic rings. The predicted octanol–water partition coefficient (Wildman–Crippen LogP) is 5.35. The lowest BCUT2D eigenvalue weighted by atomic mass is 9.96. The number of unbranched alkanes of at least 4 members (excludes halogenated alkanes) is 2. The third-order valence-corrected chi connectivity index (χ3v) is 4.84. The van der Waals surface area contributed by atoms with Gasteiger partial charge in [-0.25, -0.2) is 4.79 Å². The van der Waals surface area contributed by atoms with Crippen LogP contribution in [-0.2, 0) is 14.3 Å². The lowest BCUT2D eigenvalue weighted by Gasteiger charge is -2.28. The van der Waals surface area contributed by atoms with Crippen LogP contribution >= 0.6 is 0 Å². The highest BCUT2D eigenvalue weighted by molar-refractivity contribution is 5.99. The van der Waals surface area contributed by atoms with E-state index in [1.54, 1.807) is 25.1 Å². The molecule has 0 fully saturated rings. The predicted molar refractivity (Wildman–Crippen MR) is 116 cm³/mol. The number of anilines is 1. The second-order valence-corrected chi connectivity index (χ2v) is 7.34. The van der Waals surface area contributed by atoms with Crippen LogP contribution in [0.15, 0.2) is 18.2 Å². The number of carbonyl (C=O) groups is 2. The number of rotatable bonds is 13. The summed E-state index contributed by atoms with van der Waals surface area (Å²) in [4.78, 5) is 25.4. The van der Waals surface area contributed by atoms with Gasteiger partial charge in [0.25, 0.3) is 5.91 Å². The highest BCUT2D eigenvalue weighted by Gasteiger charge is 2.33. The Kier molecular flexibility index (Phi) is 10.7. The van der Waals surface area contributed by atoms with Crippen molar-refractivity contribution in [1.82, 2.24) is 0 Å². The fourth-order valence-electron chi connectivity index (χ4n) is 2.92. The summed E-state index contributed by atoms with van der Waals surface area (Å²) in [6, 6.07) is 5.03. The van der Waals surface area contributed by atoms with Gasteiger partial charge in [-0.05, 0) is 58.7 Å². The Hall–Kier alpha value is -2.08. The summed E-state index contributed by atoms with van der Waals surface area (Å²) in [6.07, 6.45) is 4.44. The number of benzene rings is 1. The molecule has 0 aliphatic carbocycles. The van der Waals surface area contributed by atoms with E-state index in [0.29, 0.717) is 30.0 Å². The Morgan fingerprint density at radius 2 is 1.83 bits per heavy atom. The van der Waals surface area contributed by atoms with Gasteiger partial charge in [-0.3, -0.25) is 4.79 Å². The number of amides is 1. The molecule has 0 unspecified atom stereocenters. The van der Waals surface area contributed by atoms with Crippen molar-refractivity contribution >= 4 is 17.6 Å². The molecule has 0 spiro atoms. The first-order valence-corrected chi connectivity index (χ1v) is 10.7. The Balaban J connectivity index is 3.08. The van der Waals surface area contributed by atoms with E-state index in [1.165, 1.54) is 0 Å². The zero-order valence-corrected chi connectivity index (χ0v) is 18.8. The molecule has 1 aromatic carbocycles. The van der Waals surface area contributed by atoms with E-state index in [2.05, 4.69) is 12.2 Å². The van der Waals surface area contributed by atoms with Gasteiger partial charge in [-0.2, -0.15) is 0 Å². The smallest absolute Gasteiger partial charge is 0.341 e. The second-order valence-electron chi connectivity index (χ2n) is 7.34. The van der Waals surface area contributed by atoms with Crippen molar-refractivity contribution in [3.63, 3.8) is 0 Å². The van der Waals surface area contributed by atoms with Gasteiger partial charge in [-0.15, -0.1) is 0 Å². The Morgan fingerprint density at radius 3 is 2.41 bits per heavy atom. The van der Waals surface area contributed by atoms with Crippen molar-refractivity contribution in [2.75, 3.05) is 18.5 Å². The Labute approximate surface area is 175 Å². The summed E-state index contributed by atoms with van der Waals surface area (Å²) in [7, 11) is 0. The standard InChI is InChI=1S/C23H37NO5/c1-7-11-12-15-23(6,28-10-4)22(26)24-18-13-14-20(29-17(5)8-2)19(16-18)21(25)27-9-3/h13-14,16-17H,7-12,15H2,1-6H3,(H,24,26)/t17-,23+/m1/s1. The minimum Gasteiger partial charge on any atom is -0.490 e. The number of hydrogen-bond acceptors (Lipinski definition) is 5. The first-order valence-electron chi connectivity index (χ1n) is 10.7. The lowest BCUT2D eigenvalue weighted by molar-refractivity contribution is -0.139. The van der Waals surface area contributed by atoms with Crippen molar-refractivity contribution in [2.24, 2.45) is 0 Å². The SMILES string of the molecule is CCCCC[C@](C)(OCC)C(=O)Nc1ccc(O[C@H](C)CC)c(C(=O)OCC)c1. The number of esters is 1. The van der Waals surface area contributed by atoms with Crippen LogP contribution in [0.25, 0.3) is 0 Å². The van der Waals surface area contributed by atoms with Crippen LogP contribution in [0, 0.1) is 0 Å². The van der Waals surface area contributed by atoms with E-state index in [-0.39, 0.29) is 18.6 Å². The van der Waals surface area contributed by atoms with Gasteiger partial charge < -0.3 is 19.5 Å². The molecule has 164 valence electrons. The molecule has 0 bridgehead atoms. The molecule has 0 saturated heterocycles. The van der Waals surface area contributed by atoms with Crippen LogP contribution in [0.1, 0.15) is 84.0 Å². The first-order chi connectivity index (χ1) is 13.8. The van der Waals surface area contributed by atoms with Crippen LogP contribution in [0.3, 0.4) is 0 Å². The van der Waals surface area contributed by atoms with Gasteiger partial charge in [0.05, 0.1) is 12.7 Å². The highest BCUT2D eigenvalue weighted by Crippen LogP contribution is 2.27. The molecule has 1 N–H and O–H groups in total. The number of nitrogens with one attached hydrogen (secondary N) is 1. The van der Waals surface area contributed by atoms with Crippen LogP contribution in [0.4, 0.5) is 5.69 Å². The van der Waals surface area contributed by atoms with E-state index >= 15 is 0 Å².